The van der Waals surface area contributed by atoms with E-state index in [1.807, 2.05) is 0 Å². The first-order chi connectivity index (χ1) is 12.3. The Morgan fingerprint density at radius 3 is 2.38 bits per heavy atom. The fraction of sp³-hybridized carbons (Fsp3) is 0.158. The van der Waals surface area contributed by atoms with Crippen molar-refractivity contribution < 1.29 is 27.5 Å². The van der Waals surface area contributed by atoms with Crippen LogP contribution in [0.15, 0.2) is 55.1 Å². The lowest BCUT2D eigenvalue weighted by molar-refractivity contribution is -0.137. The number of carbonyl (C=O) groups is 2. The topological polar surface area (TPSA) is 46.6 Å². The molecule has 4 nitrogen and oxygen atoms in total. The third kappa shape index (κ3) is 3.46. The number of fused-ring (bicyclic) bond motifs is 1. The van der Waals surface area contributed by atoms with Crippen molar-refractivity contribution in [2.24, 2.45) is 0 Å². The minimum Gasteiger partial charge on any atom is -0.457 e. The summed E-state index contributed by atoms with van der Waals surface area (Å²) in [5, 5.41) is 0. The highest BCUT2D eigenvalue weighted by Crippen LogP contribution is 2.32. The number of halogens is 3. The first-order valence-corrected chi connectivity index (χ1v) is 7.76. The largest absolute Gasteiger partial charge is 0.457 e. The Hall–Kier alpha value is -3.09. The van der Waals surface area contributed by atoms with Crippen LogP contribution in [-0.4, -0.2) is 23.3 Å². The van der Waals surface area contributed by atoms with E-state index in [1.54, 1.807) is 12.1 Å². The monoisotopic (exact) mass is 361 g/mol. The van der Waals surface area contributed by atoms with Gasteiger partial charge in [-0.1, -0.05) is 12.6 Å². The molecule has 0 unspecified atom stereocenters. The van der Waals surface area contributed by atoms with Gasteiger partial charge in [0.15, 0.2) is 0 Å². The Morgan fingerprint density at radius 1 is 1.12 bits per heavy atom. The van der Waals surface area contributed by atoms with Crippen LogP contribution in [0.4, 0.5) is 13.2 Å². The number of hydrogen-bond acceptors (Lipinski definition) is 3. The highest BCUT2D eigenvalue weighted by atomic mass is 19.4. The number of amides is 2. The van der Waals surface area contributed by atoms with Gasteiger partial charge in [-0.15, -0.1) is 0 Å². The van der Waals surface area contributed by atoms with E-state index in [4.69, 9.17) is 4.74 Å². The van der Waals surface area contributed by atoms with Crippen LogP contribution in [0.25, 0.3) is 0 Å². The maximum atomic E-state index is 12.6. The number of carbonyl (C=O) groups excluding carboxylic acids is 2. The second-order valence-corrected chi connectivity index (χ2v) is 5.69. The quantitative estimate of drug-likeness (QED) is 0.770. The van der Waals surface area contributed by atoms with Gasteiger partial charge >= 0.3 is 6.18 Å². The van der Waals surface area contributed by atoms with E-state index < -0.39 is 23.6 Å². The van der Waals surface area contributed by atoms with Crippen molar-refractivity contribution >= 4 is 11.8 Å². The van der Waals surface area contributed by atoms with E-state index in [9.17, 15) is 22.8 Å². The minimum absolute atomic E-state index is 0.209. The summed E-state index contributed by atoms with van der Waals surface area (Å²) in [5.74, 6) is -0.422. The molecule has 0 atom stereocenters. The van der Waals surface area contributed by atoms with Crippen molar-refractivity contribution in [2.75, 3.05) is 6.54 Å². The van der Waals surface area contributed by atoms with Crippen molar-refractivity contribution in [3.8, 4) is 11.5 Å². The van der Waals surface area contributed by atoms with Crippen LogP contribution in [0.1, 0.15) is 21.5 Å². The van der Waals surface area contributed by atoms with Crippen molar-refractivity contribution in [1.29, 1.82) is 0 Å². The summed E-state index contributed by atoms with van der Waals surface area (Å²) < 4.78 is 43.3. The van der Waals surface area contributed by atoms with Gasteiger partial charge in [0.25, 0.3) is 11.8 Å². The van der Waals surface area contributed by atoms with Crippen molar-refractivity contribution in [3.05, 3.63) is 71.8 Å². The van der Waals surface area contributed by atoms with Crippen LogP contribution < -0.4 is 4.74 Å². The maximum absolute atomic E-state index is 12.6. The number of nitrogens with zero attached hydrogens (tertiary/aromatic N) is 1. The fourth-order valence-electron chi connectivity index (χ4n) is 2.68. The third-order valence-corrected chi connectivity index (χ3v) is 4.02. The molecule has 0 spiro atoms. The summed E-state index contributed by atoms with van der Waals surface area (Å²) in [4.78, 5) is 25.3. The smallest absolute Gasteiger partial charge is 0.416 e. The predicted molar refractivity (Wildman–Crippen MR) is 87.9 cm³/mol. The Morgan fingerprint density at radius 2 is 1.77 bits per heavy atom. The molecule has 2 amide bonds. The summed E-state index contributed by atoms with van der Waals surface area (Å²) in [5.41, 5.74) is 0.336. The van der Waals surface area contributed by atoms with Crippen LogP contribution in [0.3, 0.4) is 0 Å². The number of alkyl halides is 3. The average molecular weight is 361 g/mol. The second kappa shape index (κ2) is 6.67. The predicted octanol–water partition coefficient (Wildman–Crippen LogP) is 4.21. The van der Waals surface area contributed by atoms with E-state index in [0.29, 0.717) is 17.7 Å². The Kier molecular flexibility index (Phi) is 4.54. The van der Waals surface area contributed by atoms with Crippen molar-refractivity contribution in [3.63, 3.8) is 0 Å². The molecule has 0 aliphatic carbocycles. The molecule has 1 aliphatic rings. The van der Waals surface area contributed by atoms with Crippen LogP contribution in [0.2, 0.25) is 0 Å². The van der Waals surface area contributed by atoms with E-state index in [2.05, 4.69) is 6.58 Å². The molecule has 0 N–H and O–H groups in total. The number of rotatable bonds is 3. The van der Waals surface area contributed by atoms with Crippen molar-refractivity contribution in [2.45, 2.75) is 12.6 Å². The molecule has 0 fully saturated rings. The Balaban J connectivity index is 1.83. The van der Waals surface area contributed by atoms with Gasteiger partial charge in [0.05, 0.1) is 5.56 Å². The highest BCUT2D eigenvalue weighted by molar-refractivity contribution is 6.09. The molecule has 2 aromatic rings. The summed E-state index contributed by atoms with van der Waals surface area (Å²) in [6.07, 6.45) is -2.83. The van der Waals surface area contributed by atoms with Gasteiger partial charge in [0.1, 0.15) is 11.5 Å². The lowest BCUT2D eigenvalue weighted by Crippen LogP contribution is -2.41. The van der Waals surface area contributed by atoms with Gasteiger partial charge in [-0.05, 0) is 54.5 Å². The van der Waals surface area contributed by atoms with Gasteiger partial charge in [-0.3, -0.25) is 14.5 Å². The lowest BCUT2D eigenvalue weighted by atomic mass is 9.98. The molecule has 0 saturated heterocycles. The molecule has 134 valence electrons. The zero-order valence-electron chi connectivity index (χ0n) is 13.5. The third-order valence-electron chi connectivity index (χ3n) is 4.02. The number of hydrogen-bond donors (Lipinski definition) is 0. The molecule has 0 radical (unpaired) electrons. The summed E-state index contributed by atoms with van der Waals surface area (Å²) in [6, 6.07) is 9.08. The second-order valence-electron chi connectivity index (χ2n) is 5.69. The molecule has 1 heterocycles. The van der Waals surface area contributed by atoms with E-state index in [0.717, 1.165) is 28.7 Å². The first-order valence-electron chi connectivity index (χ1n) is 7.76. The molecule has 7 heteroatoms. The number of benzene rings is 2. The zero-order chi connectivity index (χ0) is 18.9. The molecule has 0 bridgehead atoms. The molecule has 3 rings (SSSR count). The normalized spacial score (nSPS) is 14.0. The van der Waals surface area contributed by atoms with Crippen LogP contribution in [0.5, 0.6) is 11.5 Å². The van der Waals surface area contributed by atoms with E-state index >= 15 is 0 Å². The summed E-state index contributed by atoms with van der Waals surface area (Å²) in [7, 11) is 0. The number of ether oxygens (including phenoxy) is 1. The van der Waals surface area contributed by atoms with Gasteiger partial charge in [-0.25, -0.2) is 0 Å². The SMILES string of the molecule is C=CC(=O)N1CCc2ccc(Oc3ccc(C(F)(F)F)cc3)cc2C1=O. The van der Waals surface area contributed by atoms with E-state index in [1.165, 1.54) is 18.2 Å². The van der Waals surface area contributed by atoms with Gasteiger partial charge < -0.3 is 4.74 Å². The van der Waals surface area contributed by atoms with E-state index in [-0.39, 0.29) is 12.3 Å². The maximum Gasteiger partial charge on any atom is 0.416 e. The highest BCUT2D eigenvalue weighted by Gasteiger charge is 2.30. The molecular weight excluding hydrogens is 347 g/mol. The molecular formula is C19H14F3NO3. The zero-order valence-corrected chi connectivity index (χ0v) is 13.5. The molecule has 2 aromatic carbocycles. The van der Waals surface area contributed by atoms with Gasteiger partial charge in [0.2, 0.25) is 0 Å². The van der Waals surface area contributed by atoms with Crippen LogP contribution in [0, 0.1) is 0 Å². The summed E-state index contributed by atoms with van der Waals surface area (Å²) in [6.45, 7) is 3.65. The Bertz CT molecular complexity index is 873. The van der Waals surface area contributed by atoms with Gasteiger partial charge in [0, 0.05) is 12.1 Å². The fourth-order valence-corrected chi connectivity index (χ4v) is 2.68. The standard InChI is InChI=1S/C19H14F3NO3/c1-2-17(24)23-10-9-12-3-6-15(11-16(12)18(23)25)26-14-7-4-13(5-8-14)19(20,21)22/h2-8,11H,1,9-10H2. The molecule has 0 aromatic heterocycles. The van der Waals surface area contributed by atoms with Crippen LogP contribution in [-0.2, 0) is 17.4 Å². The van der Waals surface area contributed by atoms with Crippen LogP contribution >= 0.6 is 0 Å². The number of imide groups is 1. The summed E-state index contributed by atoms with van der Waals surface area (Å²) >= 11 is 0. The lowest BCUT2D eigenvalue weighted by Gasteiger charge is -2.26. The van der Waals surface area contributed by atoms with Crippen molar-refractivity contribution in [1.82, 2.24) is 4.90 Å². The molecule has 0 saturated carbocycles. The van der Waals surface area contributed by atoms with Gasteiger partial charge in [-0.2, -0.15) is 13.2 Å². The minimum atomic E-state index is -4.42. The first kappa shape index (κ1) is 17.7. The Labute approximate surface area is 147 Å². The average Bonchev–Trinajstić information content (AvgIpc) is 2.61. The molecule has 1 aliphatic heterocycles. The molecule has 26 heavy (non-hydrogen) atoms.